The van der Waals surface area contributed by atoms with Crippen molar-refractivity contribution in [3.05, 3.63) is 59.2 Å². The predicted octanol–water partition coefficient (Wildman–Crippen LogP) is 3.77. The molecule has 1 aliphatic heterocycles. The number of piperazine rings is 1. The molecular weight excluding hydrogens is 358 g/mol. The van der Waals surface area contributed by atoms with E-state index in [9.17, 15) is 9.59 Å². The third-order valence-corrected chi connectivity index (χ3v) is 6.07. The molecule has 0 atom stereocenters. The number of amides is 1. The Morgan fingerprint density at radius 2 is 1.63 bits per heavy atom. The number of benzene rings is 2. The maximum Gasteiger partial charge on any atom is 0.253 e. The Kier molecular flexibility index (Phi) is 4.66. The number of nitrogens with zero attached hydrogens (tertiary/aromatic N) is 3. The Morgan fingerprint density at radius 3 is 2.26 bits per heavy atom. The first-order chi connectivity index (χ1) is 13.0. The lowest BCUT2D eigenvalue weighted by atomic mass is 10.1. The largest absolute Gasteiger partial charge is 0.345 e. The van der Waals surface area contributed by atoms with Gasteiger partial charge in [0.1, 0.15) is 0 Å². The van der Waals surface area contributed by atoms with Gasteiger partial charge in [0.05, 0.1) is 10.2 Å². The van der Waals surface area contributed by atoms with Crippen molar-refractivity contribution in [2.75, 3.05) is 31.1 Å². The Morgan fingerprint density at radius 1 is 0.963 bits per heavy atom. The maximum absolute atomic E-state index is 12.7. The van der Waals surface area contributed by atoms with Gasteiger partial charge in [-0.15, -0.1) is 0 Å². The number of hydrogen-bond acceptors (Lipinski definition) is 5. The third kappa shape index (κ3) is 3.45. The number of rotatable bonds is 3. The van der Waals surface area contributed by atoms with Gasteiger partial charge >= 0.3 is 0 Å². The van der Waals surface area contributed by atoms with Gasteiger partial charge in [-0.25, -0.2) is 4.98 Å². The van der Waals surface area contributed by atoms with Crippen LogP contribution in [-0.2, 0) is 0 Å². The van der Waals surface area contributed by atoms with Crippen molar-refractivity contribution in [2.24, 2.45) is 0 Å². The number of hydrogen-bond donors (Lipinski definition) is 0. The summed E-state index contributed by atoms with van der Waals surface area (Å²) in [7, 11) is 0. The molecule has 0 N–H and O–H groups in total. The molecular formula is C21H21N3O2S. The Balaban J connectivity index is 1.44. The van der Waals surface area contributed by atoms with Gasteiger partial charge in [0, 0.05) is 37.3 Å². The van der Waals surface area contributed by atoms with Crippen molar-refractivity contribution in [1.29, 1.82) is 0 Å². The second-order valence-corrected chi connectivity index (χ2v) is 7.84. The van der Waals surface area contributed by atoms with Crippen LogP contribution in [0.1, 0.15) is 33.2 Å². The molecule has 3 aromatic rings. The molecule has 0 saturated carbocycles. The third-order valence-electron chi connectivity index (χ3n) is 4.99. The van der Waals surface area contributed by atoms with Gasteiger partial charge < -0.3 is 9.80 Å². The normalized spacial score (nSPS) is 14.6. The molecule has 0 spiro atoms. The minimum Gasteiger partial charge on any atom is -0.345 e. The zero-order valence-electron chi connectivity index (χ0n) is 15.4. The van der Waals surface area contributed by atoms with E-state index in [1.165, 1.54) is 17.2 Å². The zero-order valence-corrected chi connectivity index (χ0v) is 16.3. The number of anilines is 1. The van der Waals surface area contributed by atoms with E-state index in [1.54, 1.807) is 35.6 Å². The van der Waals surface area contributed by atoms with E-state index in [-0.39, 0.29) is 11.7 Å². The highest BCUT2D eigenvalue weighted by Crippen LogP contribution is 2.31. The minimum atomic E-state index is 0.00804. The lowest BCUT2D eigenvalue weighted by Crippen LogP contribution is -2.48. The van der Waals surface area contributed by atoms with Crippen LogP contribution in [0.5, 0.6) is 0 Å². The topological polar surface area (TPSA) is 53.5 Å². The van der Waals surface area contributed by atoms with Crippen molar-refractivity contribution >= 4 is 38.4 Å². The van der Waals surface area contributed by atoms with Crippen molar-refractivity contribution in [1.82, 2.24) is 9.88 Å². The fourth-order valence-corrected chi connectivity index (χ4v) is 4.44. The minimum absolute atomic E-state index is 0.00804. The smallest absolute Gasteiger partial charge is 0.253 e. The lowest BCUT2D eigenvalue weighted by Gasteiger charge is -2.34. The van der Waals surface area contributed by atoms with Crippen LogP contribution < -0.4 is 4.90 Å². The van der Waals surface area contributed by atoms with E-state index in [4.69, 9.17) is 4.98 Å². The van der Waals surface area contributed by atoms with E-state index in [0.29, 0.717) is 24.2 Å². The van der Waals surface area contributed by atoms with Crippen LogP contribution in [0.25, 0.3) is 10.2 Å². The SMILES string of the molecule is CC(=O)c1ccc(C(=O)N2CCN(c3nc4c(C)cccc4s3)CC2)cc1. The van der Waals surface area contributed by atoms with Crippen molar-refractivity contribution in [2.45, 2.75) is 13.8 Å². The van der Waals surface area contributed by atoms with Gasteiger partial charge in [-0.2, -0.15) is 0 Å². The van der Waals surface area contributed by atoms with Crippen LogP contribution in [-0.4, -0.2) is 47.8 Å². The van der Waals surface area contributed by atoms with Gasteiger partial charge in [0.15, 0.2) is 10.9 Å². The summed E-state index contributed by atoms with van der Waals surface area (Å²) in [5.41, 5.74) is 3.52. The maximum atomic E-state index is 12.7. The summed E-state index contributed by atoms with van der Waals surface area (Å²) >= 11 is 1.71. The molecule has 6 heteroatoms. The molecule has 1 saturated heterocycles. The van der Waals surface area contributed by atoms with Crippen LogP contribution in [0.2, 0.25) is 0 Å². The van der Waals surface area contributed by atoms with Crippen LogP contribution in [0.15, 0.2) is 42.5 Å². The monoisotopic (exact) mass is 379 g/mol. The summed E-state index contributed by atoms with van der Waals surface area (Å²) in [4.78, 5) is 33.0. The second kappa shape index (κ2) is 7.12. The Bertz CT molecular complexity index is 1000. The van der Waals surface area contributed by atoms with Crippen LogP contribution in [0, 0.1) is 6.92 Å². The van der Waals surface area contributed by atoms with E-state index >= 15 is 0 Å². The molecule has 0 aliphatic carbocycles. The quantitative estimate of drug-likeness (QED) is 0.650. The Hall–Kier alpha value is -2.73. The summed E-state index contributed by atoms with van der Waals surface area (Å²) in [6, 6.07) is 13.2. The molecule has 5 nitrogen and oxygen atoms in total. The summed E-state index contributed by atoms with van der Waals surface area (Å²) in [6.07, 6.45) is 0. The highest BCUT2D eigenvalue weighted by Gasteiger charge is 2.24. The van der Waals surface area contributed by atoms with Gasteiger partial charge in [-0.05, 0) is 37.6 Å². The molecule has 1 amide bonds. The van der Waals surface area contributed by atoms with E-state index in [0.717, 1.165) is 23.7 Å². The van der Waals surface area contributed by atoms with Gasteiger partial charge in [0.25, 0.3) is 5.91 Å². The number of Topliss-reactive ketones (excluding diaryl/α,β-unsaturated/α-hetero) is 1. The number of thiazole rings is 1. The van der Waals surface area contributed by atoms with Crippen LogP contribution in [0.4, 0.5) is 5.13 Å². The summed E-state index contributed by atoms with van der Waals surface area (Å²) < 4.78 is 1.20. The zero-order chi connectivity index (χ0) is 19.0. The van der Waals surface area contributed by atoms with Gasteiger partial charge in [-0.3, -0.25) is 9.59 Å². The first-order valence-electron chi connectivity index (χ1n) is 9.04. The highest BCUT2D eigenvalue weighted by molar-refractivity contribution is 7.22. The molecule has 138 valence electrons. The molecule has 2 heterocycles. The number of fused-ring (bicyclic) bond motifs is 1. The molecule has 4 rings (SSSR count). The number of aryl methyl sites for hydroxylation is 1. The van der Waals surface area contributed by atoms with Gasteiger partial charge in [-0.1, -0.05) is 35.6 Å². The molecule has 1 fully saturated rings. The number of aromatic nitrogens is 1. The van der Waals surface area contributed by atoms with Crippen molar-refractivity contribution in [3.8, 4) is 0 Å². The summed E-state index contributed by atoms with van der Waals surface area (Å²) in [5.74, 6) is 0.0265. The first kappa shape index (κ1) is 17.7. The summed E-state index contributed by atoms with van der Waals surface area (Å²) in [6.45, 7) is 6.50. The van der Waals surface area contributed by atoms with E-state index in [1.807, 2.05) is 4.90 Å². The molecule has 0 radical (unpaired) electrons. The van der Waals surface area contributed by atoms with E-state index < -0.39 is 0 Å². The summed E-state index contributed by atoms with van der Waals surface area (Å²) in [5, 5.41) is 1.03. The fraction of sp³-hybridized carbons (Fsp3) is 0.286. The number of ketones is 1. The first-order valence-corrected chi connectivity index (χ1v) is 9.86. The lowest BCUT2D eigenvalue weighted by molar-refractivity contribution is 0.0746. The second-order valence-electron chi connectivity index (χ2n) is 6.83. The molecule has 2 aromatic carbocycles. The standard InChI is InChI=1S/C21H21N3O2S/c1-14-4-3-5-18-19(14)22-21(27-18)24-12-10-23(11-13-24)20(26)17-8-6-16(7-9-17)15(2)25/h3-9H,10-13H2,1-2H3. The number of carbonyl (C=O) groups is 2. The average molecular weight is 379 g/mol. The van der Waals surface area contributed by atoms with Crippen molar-refractivity contribution < 1.29 is 9.59 Å². The molecule has 27 heavy (non-hydrogen) atoms. The average Bonchev–Trinajstić information content (AvgIpc) is 3.13. The molecule has 0 bridgehead atoms. The number of carbonyl (C=O) groups excluding carboxylic acids is 2. The molecule has 1 aromatic heterocycles. The predicted molar refractivity (Wildman–Crippen MR) is 109 cm³/mol. The Labute approximate surface area is 162 Å². The van der Waals surface area contributed by atoms with Crippen molar-refractivity contribution in [3.63, 3.8) is 0 Å². The molecule has 1 aliphatic rings. The fourth-order valence-electron chi connectivity index (χ4n) is 3.34. The number of para-hydroxylation sites is 1. The van der Waals surface area contributed by atoms with Crippen LogP contribution in [0.3, 0.4) is 0 Å². The highest BCUT2D eigenvalue weighted by atomic mass is 32.1. The van der Waals surface area contributed by atoms with E-state index in [2.05, 4.69) is 30.0 Å². The van der Waals surface area contributed by atoms with Crippen LogP contribution >= 0.6 is 11.3 Å². The molecule has 0 unspecified atom stereocenters. The van der Waals surface area contributed by atoms with Gasteiger partial charge in [0.2, 0.25) is 0 Å².